The zero-order valence-electron chi connectivity index (χ0n) is 15.6. The molecule has 0 bridgehead atoms. The van der Waals surface area contributed by atoms with Crippen molar-refractivity contribution in [1.29, 1.82) is 0 Å². The third-order valence-electron chi connectivity index (χ3n) is 3.91. The molecule has 1 aromatic carbocycles. The quantitative estimate of drug-likeness (QED) is 0.406. The lowest BCUT2D eigenvalue weighted by Crippen LogP contribution is -2.26. The SMILES string of the molecule is C=C(C)C(=O)OC(C)OC1CCCCC1.C=Cc1ccc(OC)cc1. The minimum Gasteiger partial charge on any atom is -0.497 e. The molecule has 1 atom stereocenters. The van der Waals surface area contributed by atoms with Crippen molar-refractivity contribution in [2.24, 2.45) is 0 Å². The van der Waals surface area contributed by atoms with Crippen LogP contribution in [0.4, 0.5) is 0 Å². The molecule has 0 N–H and O–H groups in total. The summed E-state index contributed by atoms with van der Waals surface area (Å²) in [5, 5.41) is 0. The maximum Gasteiger partial charge on any atom is 0.335 e. The number of ether oxygens (including phenoxy) is 3. The first-order valence-electron chi connectivity index (χ1n) is 8.74. The van der Waals surface area contributed by atoms with Gasteiger partial charge in [0.15, 0.2) is 0 Å². The average molecular weight is 346 g/mol. The van der Waals surface area contributed by atoms with Crippen LogP contribution in [-0.4, -0.2) is 25.5 Å². The molecule has 138 valence electrons. The predicted molar refractivity (Wildman–Crippen MR) is 101 cm³/mol. The molecule has 1 aromatic rings. The van der Waals surface area contributed by atoms with Gasteiger partial charge in [-0.3, -0.25) is 0 Å². The maximum atomic E-state index is 11.2. The second kappa shape index (κ2) is 11.5. The van der Waals surface area contributed by atoms with E-state index in [9.17, 15) is 4.79 Å². The van der Waals surface area contributed by atoms with Crippen molar-refractivity contribution >= 4 is 12.0 Å². The van der Waals surface area contributed by atoms with Gasteiger partial charge < -0.3 is 14.2 Å². The summed E-state index contributed by atoms with van der Waals surface area (Å²) in [5.41, 5.74) is 1.52. The van der Waals surface area contributed by atoms with Gasteiger partial charge in [-0.2, -0.15) is 0 Å². The van der Waals surface area contributed by atoms with Crippen molar-refractivity contribution < 1.29 is 19.0 Å². The fourth-order valence-corrected chi connectivity index (χ4v) is 2.49. The fourth-order valence-electron chi connectivity index (χ4n) is 2.49. The van der Waals surface area contributed by atoms with Gasteiger partial charge in [-0.05, 0) is 44.4 Å². The standard InChI is InChI=1S/C12H20O3.C9H10O/c1-9(2)12(13)15-10(3)14-11-7-5-4-6-8-11;1-3-8-4-6-9(10-2)7-5-8/h10-11H,1,4-8H2,2-3H3;3-7H,1H2,2H3. The van der Waals surface area contributed by atoms with E-state index >= 15 is 0 Å². The second-order valence-corrected chi connectivity index (χ2v) is 6.13. The summed E-state index contributed by atoms with van der Waals surface area (Å²) < 4.78 is 15.7. The van der Waals surface area contributed by atoms with Gasteiger partial charge in [-0.1, -0.05) is 50.6 Å². The van der Waals surface area contributed by atoms with Gasteiger partial charge in [0, 0.05) is 5.57 Å². The van der Waals surface area contributed by atoms with Gasteiger partial charge in [0.2, 0.25) is 6.29 Å². The molecule has 0 aromatic heterocycles. The second-order valence-electron chi connectivity index (χ2n) is 6.13. The molecular formula is C21H30O4. The predicted octanol–water partition coefficient (Wildman–Crippen LogP) is 5.14. The van der Waals surface area contributed by atoms with E-state index in [0.29, 0.717) is 5.57 Å². The molecule has 1 aliphatic carbocycles. The number of esters is 1. The first kappa shape index (κ1) is 21.0. The topological polar surface area (TPSA) is 44.8 Å². The highest BCUT2D eigenvalue weighted by Gasteiger charge is 2.18. The Labute approximate surface area is 151 Å². The normalized spacial score (nSPS) is 15.3. The molecule has 2 rings (SSSR count). The molecule has 4 nitrogen and oxygen atoms in total. The number of carbonyl (C=O) groups excluding carboxylic acids is 1. The summed E-state index contributed by atoms with van der Waals surface area (Å²) in [7, 11) is 1.66. The van der Waals surface area contributed by atoms with E-state index in [-0.39, 0.29) is 12.1 Å². The summed E-state index contributed by atoms with van der Waals surface area (Å²) >= 11 is 0. The zero-order valence-corrected chi connectivity index (χ0v) is 15.6. The van der Waals surface area contributed by atoms with E-state index in [0.717, 1.165) is 24.2 Å². The molecule has 1 saturated carbocycles. The lowest BCUT2D eigenvalue weighted by molar-refractivity contribution is -0.183. The molecule has 1 fully saturated rings. The van der Waals surface area contributed by atoms with Gasteiger partial charge >= 0.3 is 5.97 Å². The molecule has 0 aliphatic heterocycles. The Morgan fingerprint density at radius 2 is 1.80 bits per heavy atom. The van der Waals surface area contributed by atoms with E-state index in [1.54, 1.807) is 27.0 Å². The van der Waals surface area contributed by atoms with Crippen molar-refractivity contribution in [3.63, 3.8) is 0 Å². The van der Waals surface area contributed by atoms with E-state index in [1.165, 1.54) is 19.3 Å². The van der Waals surface area contributed by atoms with Crippen LogP contribution in [0.1, 0.15) is 51.5 Å². The summed E-state index contributed by atoms with van der Waals surface area (Å²) in [6.45, 7) is 10.6. The number of rotatable bonds is 6. The van der Waals surface area contributed by atoms with Crippen LogP contribution in [0.2, 0.25) is 0 Å². The van der Waals surface area contributed by atoms with Gasteiger partial charge in [-0.25, -0.2) is 4.79 Å². The van der Waals surface area contributed by atoms with Gasteiger partial charge in [-0.15, -0.1) is 0 Å². The Morgan fingerprint density at radius 1 is 1.20 bits per heavy atom. The third-order valence-corrected chi connectivity index (χ3v) is 3.91. The fraction of sp³-hybridized carbons (Fsp3) is 0.476. The lowest BCUT2D eigenvalue weighted by atomic mass is 9.98. The Kier molecular flexibility index (Phi) is 9.63. The van der Waals surface area contributed by atoms with E-state index < -0.39 is 6.29 Å². The van der Waals surface area contributed by atoms with Crippen LogP contribution >= 0.6 is 0 Å². The van der Waals surface area contributed by atoms with Crippen LogP contribution in [0.25, 0.3) is 6.08 Å². The molecule has 0 heterocycles. The Hall–Kier alpha value is -2.07. The first-order valence-corrected chi connectivity index (χ1v) is 8.74. The van der Waals surface area contributed by atoms with Crippen molar-refractivity contribution in [2.45, 2.75) is 58.3 Å². The minimum atomic E-state index is -0.461. The number of methoxy groups -OCH3 is 1. The summed E-state index contributed by atoms with van der Waals surface area (Å²) in [6, 6.07) is 7.76. The van der Waals surface area contributed by atoms with Crippen LogP contribution in [0.3, 0.4) is 0 Å². The number of hydrogen-bond acceptors (Lipinski definition) is 4. The molecule has 25 heavy (non-hydrogen) atoms. The van der Waals surface area contributed by atoms with Crippen molar-refractivity contribution in [3.8, 4) is 5.75 Å². The summed E-state index contributed by atoms with van der Waals surface area (Å²) in [4.78, 5) is 11.2. The first-order chi connectivity index (χ1) is 12.0. The van der Waals surface area contributed by atoms with Crippen LogP contribution in [0, 0.1) is 0 Å². The van der Waals surface area contributed by atoms with Crippen LogP contribution in [0.15, 0.2) is 43.0 Å². The smallest absolute Gasteiger partial charge is 0.335 e. The molecule has 4 heteroatoms. The van der Waals surface area contributed by atoms with Crippen LogP contribution in [-0.2, 0) is 14.3 Å². The number of hydrogen-bond donors (Lipinski definition) is 0. The molecule has 0 radical (unpaired) electrons. The molecule has 1 aliphatic rings. The zero-order chi connectivity index (χ0) is 18.7. The molecule has 0 spiro atoms. The minimum absolute atomic E-state index is 0.256. The third kappa shape index (κ3) is 8.54. The average Bonchev–Trinajstić information content (AvgIpc) is 2.63. The van der Waals surface area contributed by atoms with Crippen LogP contribution < -0.4 is 4.74 Å². The van der Waals surface area contributed by atoms with Crippen molar-refractivity contribution in [2.75, 3.05) is 7.11 Å². The summed E-state index contributed by atoms with van der Waals surface area (Å²) in [5.74, 6) is 0.504. The molecule has 0 saturated heterocycles. The molecule has 0 amide bonds. The van der Waals surface area contributed by atoms with Gasteiger partial charge in [0.25, 0.3) is 0 Å². The van der Waals surface area contributed by atoms with E-state index in [4.69, 9.17) is 14.2 Å². The van der Waals surface area contributed by atoms with E-state index in [2.05, 4.69) is 13.2 Å². The largest absolute Gasteiger partial charge is 0.497 e. The lowest BCUT2D eigenvalue weighted by Gasteiger charge is -2.25. The summed E-state index contributed by atoms with van der Waals surface area (Å²) in [6.07, 6.45) is 7.48. The van der Waals surface area contributed by atoms with Crippen LogP contribution in [0.5, 0.6) is 5.75 Å². The Balaban J connectivity index is 0.000000271. The van der Waals surface area contributed by atoms with E-state index in [1.807, 2.05) is 24.3 Å². The van der Waals surface area contributed by atoms with Crippen molar-refractivity contribution in [1.82, 2.24) is 0 Å². The Bertz CT molecular complexity index is 542. The molecular weight excluding hydrogens is 316 g/mol. The Morgan fingerprint density at radius 3 is 2.28 bits per heavy atom. The van der Waals surface area contributed by atoms with Gasteiger partial charge in [0.05, 0.1) is 13.2 Å². The highest BCUT2D eigenvalue weighted by atomic mass is 16.7. The number of carbonyl (C=O) groups is 1. The van der Waals surface area contributed by atoms with Crippen molar-refractivity contribution in [3.05, 3.63) is 48.6 Å². The highest BCUT2D eigenvalue weighted by molar-refractivity contribution is 5.86. The maximum absolute atomic E-state index is 11.2. The molecule has 1 unspecified atom stereocenters. The van der Waals surface area contributed by atoms with Gasteiger partial charge in [0.1, 0.15) is 5.75 Å². The monoisotopic (exact) mass is 346 g/mol. The highest BCUT2D eigenvalue weighted by Crippen LogP contribution is 2.21. The number of benzene rings is 1.